The van der Waals surface area contributed by atoms with Crippen molar-refractivity contribution < 1.29 is 9.90 Å². The highest BCUT2D eigenvalue weighted by atomic mass is 16.3. The molecule has 0 heterocycles. The highest BCUT2D eigenvalue weighted by Crippen LogP contribution is 2.30. The van der Waals surface area contributed by atoms with Gasteiger partial charge in [-0.05, 0) is 26.3 Å². The van der Waals surface area contributed by atoms with Crippen molar-refractivity contribution >= 4 is 5.91 Å². The third-order valence-corrected chi connectivity index (χ3v) is 3.92. The average molecular weight is 242 g/mol. The van der Waals surface area contributed by atoms with Crippen LogP contribution in [0.2, 0.25) is 0 Å². The fourth-order valence-electron chi connectivity index (χ4n) is 2.61. The van der Waals surface area contributed by atoms with E-state index < -0.39 is 0 Å². The molecule has 0 aromatic heterocycles. The normalized spacial score (nSPS) is 20.9. The van der Waals surface area contributed by atoms with Gasteiger partial charge in [0.2, 0.25) is 5.91 Å². The van der Waals surface area contributed by atoms with Crippen molar-refractivity contribution in [1.82, 2.24) is 10.6 Å². The summed E-state index contributed by atoms with van der Waals surface area (Å²) in [5.41, 5.74) is -0.0178. The quantitative estimate of drug-likeness (QED) is 0.655. The Kier molecular flexibility index (Phi) is 5.92. The molecule has 3 N–H and O–H groups in total. The van der Waals surface area contributed by atoms with E-state index in [0.29, 0.717) is 6.42 Å². The summed E-state index contributed by atoms with van der Waals surface area (Å²) in [6.45, 7) is 1.99. The summed E-state index contributed by atoms with van der Waals surface area (Å²) in [4.78, 5) is 11.9. The van der Waals surface area contributed by atoms with E-state index >= 15 is 0 Å². The largest absolute Gasteiger partial charge is 0.394 e. The Morgan fingerprint density at radius 2 is 2.00 bits per heavy atom. The Labute approximate surface area is 104 Å². The molecule has 1 aliphatic carbocycles. The van der Waals surface area contributed by atoms with Gasteiger partial charge in [0.1, 0.15) is 0 Å². The Hall–Kier alpha value is -0.610. The Bertz CT molecular complexity index is 234. The molecule has 1 fully saturated rings. The number of amides is 1. The first-order chi connectivity index (χ1) is 8.15. The minimum atomic E-state index is -0.0972. The topological polar surface area (TPSA) is 61.4 Å². The molecule has 1 saturated carbocycles. The van der Waals surface area contributed by atoms with Crippen molar-refractivity contribution in [3.63, 3.8) is 0 Å². The second kappa shape index (κ2) is 6.97. The van der Waals surface area contributed by atoms with Gasteiger partial charge in [0.25, 0.3) is 0 Å². The molecular weight excluding hydrogens is 216 g/mol. The van der Waals surface area contributed by atoms with E-state index in [-0.39, 0.29) is 24.1 Å². The molecule has 0 bridgehead atoms. The molecule has 0 unspecified atom stereocenters. The van der Waals surface area contributed by atoms with E-state index in [2.05, 4.69) is 10.6 Å². The van der Waals surface area contributed by atoms with Crippen molar-refractivity contribution in [2.45, 2.75) is 63.5 Å². The Morgan fingerprint density at radius 1 is 1.35 bits per heavy atom. The summed E-state index contributed by atoms with van der Waals surface area (Å²) in [7, 11) is 1.95. The molecule has 1 atom stereocenters. The Balaban J connectivity index is 2.47. The zero-order valence-corrected chi connectivity index (χ0v) is 11.1. The summed E-state index contributed by atoms with van der Waals surface area (Å²) < 4.78 is 0. The Morgan fingerprint density at radius 3 is 2.47 bits per heavy atom. The summed E-state index contributed by atoms with van der Waals surface area (Å²) in [6.07, 6.45) is 7.13. The molecule has 1 rings (SSSR count). The van der Waals surface area contributed by atoms with E-state index in [9.17, 15) is 4.79 Å². The minimum Gasteiger partial charge on any atom is -0.394 e. The predicted octanol–water partition coefficient (Wildman–Crippen LogP) is 1.19. The zero-order valence-electron chi connectivity index (χ0n) is 11.1. The van der Waals surface area contributed by atoms with E-state index in [1.807, 2.05) is 14.0 Å². The number of hydrogen-bond acceptors (Lipinski definition) is 3. The highest BCUT2D eigenvalue weighted by Gasteiger charge is 2.32. The van der Waals surface area contributed by atoms with Gasteiger partial charge in [-0.2, -0.15) is 0 Å². The number of hydrogen-bond donors (Lipinski definition) is 3. The monoisotopic (exact) mass is 242 g/mol. The van der Waals surface area contributed by atoms with Crippen LogP contribution in [0.15, 0.2) is 0 Å². The number of carbonyl (C=O) groups is 1. The molecule has 0 aromatic carbocycles. The molecule has 0 saturated heterocycles. The van der Waals surface area contributed by atoms with E-state index in [0.717, 1.165) is 19.3 Å². The molecule has 4 nitrogen and oxygen atoms in total. The minimum absolute atomic E-state index is 0.0178. The summed E-state index contributed by atoms with van der Waals surface area (Å²) in [6, 6.07) is -0.0972. The first-order valence-corrected chi connectivity index (χ1v) is 6.75. The lowest BCUT2D eigenvalue weighted by Gasteiger charge is -2.37. The van der Waals surface area contributed by atoms with Crippen LogP contribution in [0.1, 0.15) is 51.9 Å². The lowest BCUT2D eigenvalue weighted by atomic mass is 9.79. The van der Waals surface area contributed by atoms with E-state index in [1.54, 1.807) is 0 Å². The fourth-order valence-corrected chi connectivity index (χ4v) is 2.61. The predicted molar refractivity (Wildman–Crippen MR) is 68.8 cm³/mol. The van der Waals surface area contributed by atoms with Crippen LogP contribution in [0.3, 0.4) is 0 Å². The lowest BCUT2D eigenvalue weighted by molar-refractivity contribution is -0.124. The standard InChI is InChI=1S/C13H26N2O2/c1-3-11(10-16)15-12(17)9-13(14-2)7-5-4-6-8-13/h11,14,16H,3-10H2,1-2H3,(H,15,17)/t11-/m1/s1. The van der Waals surface area contributed by atoms with E-state index in [1.165, 1.54) is 19.3 Å². The lowest BCUT2D eigenvalue weighted by Crippen LogP contribution is -2.49. The SMILES string of the molecule is CC[C@H](CO)NC(=O)CC1(NC)CCCCC1. The van der Waals surface area contributed by atoms with Crippen LogP contribution >= 0.6 is 0 Å². The van der Waals surface area contributed by atoms with Gasteiger partial charge in [-0.3, -0.25) is 4.79 Å². The maximum absolute atomic E-state index is 11.9. The van der Waals surface area contributed by atoms with Gasteiger partial charge in [0, 0.05) is 12.0 Å². The van der Waals surface area contributed by atoms with Gasteiger partial charge in [0.15, 0.2) is 0 Å². The maximum Gasteiger partial charge on any atom is 0.222 e. The van der Waals surface area contributed by atoms with Gasteiger partial charge in [-0.25, -0.2) is 0 Å². The first kappa shape index (κ1) is 14.5. The van der Waals surface area contributed by atoms with Crippen LogP contribution in [-0.4, -0.2) is 36.2 Å². The van der Waals surface area contributed by atoms with Gasteiger partial charge in [-0.15, -0.1) is 0 Å². The number of carbonyl (C=O) groups excluding carboxylic acids is 1. The van der Waals surface area contributed by atoms with Crippen LogP contribution in [0.4, 0.5) is 0 Å². The third-order valence-electron chi connectivity index (χ3n) is 3.92. The number of rotatable bonds is 6. The summed E-state index contributed by atoms with van der Waals surface area (Å²) in [5.74, 6) is 0.0575. The number of aliphatic hydroxyl groups excluding tert-OH is 1. The third kappa shape index (κ3) is 4.28. The number of aliphatic hydroxyl groups is 1. The molecule has 0 aromatic rings. The smallest absolute Gasteiger partial charge is 0.222 e. The van der Waals surface area contributed by atoms with Crippen molar-refractivity contribution in [2.24, 2.45) is 0 Å². The molecule has 4 heteroatoms. The molecule has 0 aliphatic heterocycles. The van der Waals surface area contributed by atoms with Gasteiger partial charge in [-0.1, -0.05) is 26.2 Å². The maximum atomic E-state index is 11.9. The highest BCUT2D eigenvalue weighted by molar-refractivity contribution is 5.77. The van der Waals surface area contributed by atoms with Gasteiger partial charge in [0.05, 0.1) is 12.6 Å². The molecule has 1 amide bonds. The average Bonchev–Trinajstić information content (AvgIpc) is 2.37. The van der Waals surface area contributed by atoms with E-state index in [4.69, 9.17) is 5.11 Å². The van der Waals surface area contributed by atoms with Crippen molar-refractivity contribution in [3.05, 3.63) is 0 Å². The van der Waals surface area contributed by atoms with Crippen molar-refractivity contribution in [3.8, 4) is 0 Å². The van der Waals surface area contributed by atoms with Crippen molar-refractivity contribution in [2.75, 3.05) is 13.7 Å². The van der Waals surface area contributed by atoms with Crippen LogP contribution in [0.25, 0.3) is 0 Å². The molecule has 0 radical (unpaired) electrons. The molecular formula is C13H26N2O2. The molecule has 1 aliphatic rings. The number of nitrogens with one attached hydrogen (secondary N) is 2. The first-order valence-electron chi connectivity index (χ1n) is 6.75. The van der Waals surface area contributed by atoms with Gasteiger partial charge < -0.3 is 15.7 Å². The summed E-state index contributed by atoms with van der Waals surface area (Å²) in [5, 5.41) is 15.3. The van der Waals surface area contributed by atoms with Crippen LogP contribution in [0.5, 0.6) is 0 Å². The zero-order chi connectivity index (χ0) is 12.7. The summed E-state index contributed by atoms with van der Waals surface area (Å²) >= 11 is 0. The van der Waals surface area contributed by atoms with Crippen LogP contribution in [-0.2, 0) is 4.79 Å². The van der Waals surface area contributed by atoms with Crippen LogP contribution in [0, 0.1) is 0 Å². The fraction of sp³-hybridized carbons (Fsp3) is 0.923. The second-order valence-corrected chi connectivity index (χ2v) is 5.12. The molecule has 0 spiro atoms. The second-order valence-electron chi connectivity index (χ2n) is 5.12. The van der Waals surface area contributed by atoms with Gasteiger partial charge >= 0.3 is 0 Å². The molecule has 17 heavy (non-hydrogen) atoms. The molecule has 100 valence electrons. The van der Waals surface area contributed by atoms with Crippen molar-refractivity contribution in [1.29, 1.82) is 0 Å². The van der Waals surface area contributed by atoms with Crippen LogP contribution < -0.4 is 10.6 Å².